The monoisotopic (exact) mass is 257 g/mol. The van der Waals surface area contributed by atoms with E-state index in [1.807, 2.05) is 0 Å². The van der Waals surface area contributed by atoms with E-state index in [0.717, 1.165) is 11.3 Å². The number of rotatable bonds is 6. The molecule has 0 aromatic carbocycles. The zero-order valence-electron chi connectivity index (χ0n) is 7.83. The van der Waals surface area contributed by atoms with Gasteiger partial charge >= 0.3 is 12.3 Å². The average Bonchev–Trinajstić information content (AvgIpc) is 2.65. The lowest BCUT2D eigenvalue weighted by Crippen LogP contribution is -2.32. The topological polar surface area (TPSA) is 39.2 Å². The third-order valence-electron chi connectivity index (χ3n) is 1.53. The van der Waals surface area contributed by atoms with Crippen LogP contribution in [0.1, 0.15) is 14.7 Å². The summed E-state index contributed by atoms with van der Waals surface area (Å²) in [5.74, 6) is -4.16. The van der Waals surface area contributed by atoms with Gasteiger partial charge in [-0.1, -0.05) is 0 Å². The van der Waals surface area contributed by atoms with Crippen LogP contribution in [0.2, 0.25) is 0 Å². The predicted octanol–water partition coefficient (Wildman–Crippen LogP) is 2.37. The Kier molecular flexibility index (Phi) is 4.36. The number of carbonyl (C=O) groups excluding carboxylic acids is 1. The maximum atomic E-state index is 12.4. The Morgan fingerprint density at radius 3 is 2.75 bits per heavy atom. The third kappa shape index (κ3) is 3.53. The second kappa shape index (κ2) is 5.35. The number of halogens is 4. The Morgan fingerprint density at radius 2 is 2.25 bits per heavy atom. The second-order valence-corrected chi connectivity index (χ2v) is 3.98. The van der Waals surface area contributed by atoms with Gasteiger partial charge in [0.05, 0.1) is 11.5 Å². The third-order valence-corrected chi connectivity index (χ3v) is 2.42. The number of hydrogen-bond acceptors (Lipinski definition) is 4. The zero-order chi connectivity index (χ0) is 12.2. The van der Waals surface area contributed by atoms with E-state index in [1.54, 1.807) is 0 Å². The van der Waals surface area contributed by atoms with Crippen molar-refractivity contribution in [1.29, 1.82) is 0 Å². The van der Waals surface area contributed by atoms with E-state index in [2.05, 4.69) is 9.72 Å². The molecule has 1 heterocycles. The molecule has 16 heavy (non-hydrogen) atoms. The van der Waals surface area contributed by atoms with Crippen molar-refractivity contribution in [1.82, 2.24) is 4.98 Å². The molecule has 0 saturated carbocycles. The quantitative estimate of drug-likeness (QED) is 0.580. The van der Waals surface area contributed by atoms with Gasteiger partial charge in [0.25, 0.3) is 0 Å². The molecule has 0 saturated heterocycles. The van der Waals surface area contributed by atoms with Gasteiger partial charge in [-0.15, -0.1) is 11.3 Å². The molecule has 0 atom stereocenters. The molecule has 0 amide bonds. The molecular weight excluding hydrogens is 250 g/mol. The summed E-state index contributed by atoms with van der Waals surface area (Å²) in [5.41, 5.74) is 0. The van der Waals surface area contributed by atoms with E-state index in [0.29, 0.717) is 11.2 Å². The molecule has 0 fully saturated rings. The summed E-state index contributed by atoms with van der Waals surface area (Å²) in [5, 5.41) is 0.284. The Bertz CT molecular complexity index is 356. The van der Waals surface area contributed by atoms with Gasteiger partial charge in [-0.3, -0.25) is 4.79 Å². The van der Waals surface area contributed by atoms with Crippen molar-refractivity contribution < 1.29 is 27.1 Å². The van der Waals surface area contributed by atoms with Gasteiger partial charge in [-0.2, -0.15) is 8.78 Å². The van der Waals surface area contributed by atoms with Crippen molar-refractivity contribution in [2.75, 3.05) is 6.61 Å². The summed E-state index contributed by atoms with van der Waals surface area (Å²) in [7, 11) is 0. The highest BCUT2D eigenvalue weighted by Gasteiger charge is 2.40. The maximum Gasteiger partial charge on any atom is 0.330 e. The number of thiazole rings is 1. The van der Waals surface area contributed by atoms with Crippen LogP contribution in [0.5, 0.6) is 0 Å². The highest BCUT2D eigenvalue weighted by Crippen LogP contribution is 2.23. The van der Waals surface area contributed by atoms with Crippen molar-refractivity contribution in [3.8, 4) is 0 Å². The molecule has 8 heteroatoms. The molecule has 0 unspecified atom stereocenters. The molecule has 1 aromatic rings. The average molecular weight is 257 g/mol. The lowest BCUT2D eigenvalue weighted by molar-refractivity contribution is -0.168. The minimum absolute atomic E-state index is 0.284. The summed E-state index contributed by atoms with van der Waals surface area (Å²) in [6, 6.07) is 0. The molecule has 0 aliphatic rings. The van der Waals surface area contributed by atoms with E-state index in [4.69, 9.17) is 0 Å². The van der Waals surface area contributed by atoms with Gasteiger partial charge in [-0.25, -0.2) is 13.8 Å². The van der Waals surface area contributed by atoms with Gasteiger partial charge in [0.15, 0.2) is 6.29 Å². The van der Waals surface area contributed by atoms with Crippen molar-refractivity contribution in [3.05, 3.63) is 16.1 Å². The molecule has 0 bridgehead atoms. The van der Waals surface area contributed by atoms with Crippen molar-refractivity contribution in [3.63, 3.8) is 0 Å². The van der Waals surface area contributed by atoms with Crippen LogP contribution in [0.4, 0.5) is 17.6 Å². The SMILES string of the molecule is O=Cc1cnc(COCC(F)(F)C(F)F)s1. The predicted molar refractivity (Wildman–Crippen MR) is 48.1 cm³/mol. The molecule has 0 aliphatic carbocycles. The van der Waals surface area contributed by atoms with Crippen LogP contribution in [-0.4, -0.2) is 30.2 Å². The lowest BCUT2D eigenvalue weighted by atomic mass is 10.4. The smallest absolute Gasteiger partial charge is 0.330 e. The molecule has 90 valence electrons. The molecule has 0 spiro atoms. The van der Waals surface area contributed by atoms with Gasteiger partial charge in [0, 0.05) is 6.20 Å². The molecule has 3 nitrogen and oxygen atoms in total. The van der Waals surface area contributed by atoms with E-state index < -0.39 is 19.0 Å². The molecule has 0 radical (unpaired) electrons. The van der Waals surface area contributed by atoms with E-state index in [9.17, 15) is 22.4 Å². The number of alkyl halides is 4. The first-order chi connectivity index (χ1) is 7.45. The highest BCUT2D eigenvalue weighted by atomic mass is 32.1. The Balaban J connectivity index is 2.38. The Labute approximate surface area is 92.1 Å². The summed E-state index contributed by atoms with van der Waals surface area (Å²) in [6.07, 6.45) is -1.95. The summed E-state index contributed by atoms with van der Waals surface area (Å²) in [4.78, 5) is 14.3. The van der Waals surface area contributed by atoms with Crippen LogP contribution in [0.3, 0.4) is 0 Å². The minimum Gasteiger partial charge on any atom is -0.368 e. The fourth-order valence-corrected chi connectivity index (χ4v) is 1.46. The second-order valence-electron chi connectivity index (χ2n) is 2.83. The minimum atomic E-state index is -4.16. The van der Waals surface area contributed by atoms with Crippen LogP contribution in [-0.2, 0) is 11.3 Å². The first kappa shape index (κ1) is 13.0. The van der Waals surface area contributed by atoms with Crippen LogP contribution in [0, 0.1) is 0 Å². The Morgan fingerprint density at radius 1 is 1.56 bits per heavy atom. The van der Waals surface area contributed by atoms with Crippen molar-refractivity contribution >= 4 is 17.6 Å². The fourth-order valence-electron chi connectivity index (χ4n) is 0.783. The van der Waals surface area contributed by atoms with Gasteiger partial charge in [-0.05, 0) is 0 Å². The number of nitrogens with zero attached hydrogens (tertiary/aromatic N) is 1. The van der Waals surface area contributed by atoms with E-state index >= 15 is 0 Å². The molecular formula is C8H7F4NO2S. The van der Waals surface area contributed by atoms with Gasteiger partial charge < -0.3 is 4.74 Å². The number of carbonyl (C=O) groups is 1. The summed E-state index contributed by atoms with van der Waals surface area (Å²) >= 11 is 0.955. The normalized spacial score (nSPS) is 12.1. The van der Waals surface area contributed by atoms with Gasteiger partial charge in [0.2, 0.25) is 0 Å². The summed E-state index contributed by atoms with van der Waals surface area (Å²) < 4.78 is 52.6. The molecule has 1 rings (SSSR count). The maximum absolute atomic E-state index is 12.4. The largest absolute Gasteiger partial charge is 0.368 e. The molecule has 0 aliphatic heterocycles. The standard InChI is InChI=1S/C8H7F4NO2S/c9-7(10)8(11,12)4-15-3-6-13-1-5(2-14)16-6/h1-2,7H,3-4H2. The number of aldehydes is 1. The van der Waals surface area contributed by atoms with Crippen LogP contribution < -0.4 is 0 Å². The fraction of sp³-hybridized carbons (Fsp3) is 0.500. The van der Waals surface area contributed by atoms with E-state index in [-0.39, 0.29) is 11.6 Å². The molecule has 0 N–H and O–H groups in total. The lowest BCUT2D eigenvalue weighted by Gasteiger charge is -2.14. The number of hydrogen-bond donors (Lipinski definition) is 0. The van der Waals surface area contributed by atoms with Crippen molar-refractivity contribution in [2.24, 2.45) is 0 Å². The molecule has 1 aromatic heterocycles. The van der Waals surface area contributed by atoms with E-state index in [1.165, 1.54) is 6.20 Å². The zero-order valence-corrected chi connectivity index (χ0v) is 8.65. The number of ether oxygens (including phenoxy) is 1. The van der Waals surface area contributed by atoms with Crippen LogP contribution >= 0.6 is 11.3 Å². The van der Waals surface area contributed by atoms with Crippen LogP contribution in [0.15, 0.2) is 6.20 Å². The number of aromatic nitrogens is 1. The highest BCUT2D eigenvalue weighted by molar-refractivity contribution is 7.13. The van der Waals surface area contributed by atoms with Crippen molar-refractivity contribution in [2.45, 2.75) is 19.0 Å². The van der Waals surface area contributed by atoms with Crippen LogP contribution in [0.25, 0.3) is 0 Å². The first-order valence-electron chi connectivity index (χ1n) is 4.09. The first-order valence-corrected chi connectivity index (χ1v) is 4.91. The summed E-state index contributed by atoms with van der Waals surface area (Å²) in [6.45, 7) is -1.69. The Hall–Kier alpha value is -1.02. The van der Waals surface area contributed by atoms with Gasteiger partial charge in [0.1, 0.15) is 11.6 Å².